The molecule has 1 aromatic rings. The van der Waals surface area contributed by atoms with Gasteiger partial charge in [-0.3, -0.25) is 0 Å². The second kappa shape index (κ2) is 2.79. The van der Waals surface area contributed by atoms with E-state index in [2.05, 4.69) is 4.98 Å². The molecule has 4 heteroatoms. The first kappa shape index (κ1) is 7.61. The van der Waals surface area contributed by atoms with Gasteiger partial charge < -0.3 is 15.9 Å². The first-order valence-corrected chi connectivity index (χ1v) is 4.26. The van der Waals surface area contributed by atoms with Gasteiger partial charge in [-0.2, -0.15) is 4.98 Å². The molecule has 12 heavy (non-hydrogen) atoms. The summed E-state index contributed by atoms with van der Waals surface area (Å²) in [5, 5.41) is 0. The Kier molecular flexibility index (Phi) is 1.77. The third-order valence-electron chi connectivity index (χ3n) is 2.37. The molecule has 4 nitrogen and oxygen atoms in total. The highest BCUT2D eigenvalue weighted by atomic mass is 16.4. The lowest BCUT2D eigenvalue weighted by molar-refractivity contribution is 0.521. The van der Waals surface area contributed by atoms with Gasteiger partial charge in [0.05, 0.1) is 5.69 Å². The normalized spacial score (nSPS) is 21.2. The van der Waals surface area contributed by atoms with E-state index in [1.165, 1.54) is 0 Å². The van der Waals surface area contributed by atoms with Gasteiger partial charge in [0.1, 0.15) is 5.76 Å². The topological polar surface area (TPSA) is 78.1 Å². The van der Waals surface area contributed by atoms with Crippen LogP contribution in [-0.4, -0.2) is 11.5 Å². The van der Waals surface area contributed by atoms with Crippen molar-refractivity contribution in [1.82, 2.24) is 4.98 Å². The molecule has 4 N–H and O–H groups in total. The minimum absolute atomic E-state index is 0.293. The van der Waals surface area contributed by atoms with Crippen LogP contribution in [0.25, 0.3) is 0 Å². The predicted octanol–water partition coefficient (Wildman–Crippen LogP) is 0.635. The van der Waals surface area contributed by atoms with Crippen LogP contribution in [0.4, 0.5) is 6.01 Å². The number of anilines is 1. The number of aryl methyl sites for hydroxylation is 1. The van der Waals surface area contributed by atoms with E-state index in [1.54, 1.807) is 0 Å². The molecule has 0 saturated heterocycles. The highest BCUT2D eigenvalue weighted by Crippen LogP contribution is 2.35. The molecule has 0 spiro atoms. The van der Waals surface area contributed by atoms with Crippen molar-refractivity contribution >= 4 is 6.01 Å². The summed E-state index contributed by atoms with van der Waals surface area (Å²) in [6.07, 6.45) is 3.06. The lowest BCUT2D eigenvalue weighted by Crippen LogP contribution is -2.05. The van der Waals surface area contributed by atoms with Crippen LogP contribution in [-0.2, 0) is 6.42 Å². The van der Waals surface area contributed by atoms with E-state index in [0.29, 0.717) is 18.5 Å². The summed E-state index contributed by atoms with van der Waals surface area (Å²) < 4.78 is 5.23. The molecule has 1 atom stereocenters. The van der Waals surface area contributed by atoms with E-state index in [9.17, 15) is 0 Å². The van der Waals surface area contributed by atoms with Crippen molar-refractivity contribution in [3.05, 3.63) is 11.5 Å². The van der Waals surface area contributed by atoms with Crippen LogP contribution < -0.4 is 11.5 Å². The molecule has 0 amide bonds. The van der Waals surface area contributed by atoms with Crippen molar-refractivity contribution in [2.24, 2.45) is 5.73 Å². The molecule has 1 heterocycles. The van der Waals surface area contributed by atoms with Crippen LogP contribution in [0.3, 0.4) is 0 Å². The van der Waals surface area contributed by atoms with E-state index in [1.807, 2.05) is 0 Å². The maximum atomic E-state index is 5.48. The number of nitrogens with zero attached hydrogens (tertiary/aromatic N) is 1. The van der Waals surface area contributed by atoms with E-state index >= 15 is 0 Å². The second-order valence-corrected chi connectivity index (χ2v) is 3.17. The molecule has 1 aromatic heterocycles. The van der Waals surface area contributed by atoms with Crippen LogP contribution >= 0.6 is 0 Å². The molecule has 2 rings (SSSR count). The molecule has 0 aliphatic heterocycles. The number of aromatic nitrogens is 1. The number of hydrogen-bond acceptors (Lipinski definition) is 4. The minimum atomic E-state index is 0.293. The zero-order valence-electron chi connectivity index (χ0n) is 6.92. The Morgan fingerprint density at radius 1 is 1.58 bits per heavy atom. The maximum absolute atomic E-state index is 5.48. The van der Waals surface area contributed by atoms with Crippen LogP contribution in [0.15, 0.2) is 4.42 Å². The zero-order chi connectivity index (χ0) is 8.55. The van der Waals surface area contributed by atoms with Crippen molar-refractivity contribution in [1.29, 1.82) is 0 Å². The first-order chi connectivity index (χ1) is 5.81. The molecule has 1 aliphatic carbocycles. The maximum Gasteiger partial charge on any atom is 0.292 e. The van der Waals surface area contributed by atoms with Crippen molar-refractivity contribution < 1.29 is 4.42 Å². The molecule has 0 radical (unpaired) electrons. The Hall–Kier alpha value is -1.03. The predicted molar refractivity (Wildman–Crippen MR) is 45.6 cm³/mol. The quantitative estimate of drug-likeness (QED) is 0.677. The summed E-state index contributed by atoms with van der Waals surface area (Å²) in [5.41, 5.74) is 12.0. The number of oxazole rings is 1. The summed E-state index contributed by atoms with van der Waals surface area (Å²) in [4.78, 5) is 4.15. The van der Waals surface area contributed by atoms with Gasteiger partial charge in [0.15, 0.2) is 0 Å². The van der Waals surface area contributed by atoms with Gasteiger partial charge in [0, 0.05) is 12.3 Å². The zero-order valence-corrected chi connectivity index (χ0v) is 6.92. The summed E-state index contributed by atoms with van der Waals surface area (Å²) in [6, 6.07) is 0.293. The summed E-state index contributed by atoms with van der Waals surface area (Å²) in [7, 11) is 0. The SMILES string of the molecule is NCCC1CCc2oc(N)nc21. The van der Waals surface area contributed by atoms with Gasteiger partial charge in [0.2, 0.25) is 0 Å². The molecule has 1 aliphatic rings. The van der Waals surface area contributed by atoms with Gasteiger partial charge in [-0.1, -0.05) is 0 Å². The van der Waals surface area contributed by atoms with Crippen LogP contribution in [0.5, 0.6) is 0 Å². The Morgan fingerprint density at radius 3 is 3.17 bits per heavy atom. The molecular weight excluding hydrogens is 154 g/mol. The van der Waals surface area contributed by atoms with E-state index in [4.69, 9.17) is 15.9 Å². The highest BCUT2D eigenvalue weighted by molar-refractivity contribution is 5.27. The highest BCUT2D eigenvalue weighted by Gasteiger charge is 2.27. The van der Waals surface area contributed by atoms with Crippen molar-refractivity contribution in [3.8, 4) is 0 Å². The monoisotopic (exact) mass is 167 g/mol. The number of rotatable bonds is 2. The van der Waals surface area contributed by atoms with Gasteiger partial charge in [-0.25, -0.2) is 0 Å². The van der Waals surface area contributed by atoms with Crippen molar-refractivity contribution in [2.45, 2.75) is 25.2 Å². The number of nitrogens with two attached hydrogens (primary N) is 2. The molecule has 0 saturated carbocycles. The molecule has 0 fully saturated rings. The van der Waals surface area contributed by atoms with Gasteiger partial charge in [0.25, 0.3) is 6.01 Å². The Labute approximate surface area is 70.9 Å². The van der Waals surface area contributed by atoms with E-state index in [-0.39, 0.29) is 0 Å². The summed E-state index contributed by atoms with van der Waals surface area (Å²) in [5.74, 6) is 1.44. The Bertz CT molecular complexity index is 282. The fourth-order valence-corrected chi connectivity index (χ4v) is 1.80. The number of fused-ring (bicyclic) bond motifs is 1. The van der Waals surface area contributed by atoms with Gasteiger partial charge in [-0.15, -0.1) is 0 Å². The van der Waals surface area contributed by atoms with E-state index < -0.39 is 0 Å². The molecule has 1 unspecified atom stereocenters. The fourth-order valence-electron chi connectivity index (χ4n) is 1.80. The third kappa shape index (κ3) is 1.08. The van der Waals surface area contributed by atoms with Crippen LogP contribution in [0.2, 0.25) is 0 Å². The lowest BCUT2D eigenvalue weighted by atomic mass is 10.0. The average molecular weight is 167 g/mol. The first-order valence-electron chi connectivity index (χ1n) is 4.26. The van der Waals surface area contributed by atoms with Gasteiger partial charge >= 0.3 is 0 Å². The van der Waals surface area contributed by atoms with Crippen molar-refractivity contribution in [2.75, 3.05) is 12.3 Å². The van der Waals surface area contributed by atoms with Crippen molar-refractivity contribution in [3.63, 3.8) is 0 Å². The number of nitrogen functional groups attached to an aromatic ring is 1. The van der Waals surface area contributed by atoms with Crippen LogP contribution in [0, 0.1) is 0 Å². The minimum Gasteiger partial charge on any atom is -0.429 e. The van der Waals surface area contributed by atoms with Gasteiger partial charge in [-0.05, 0) is 19.4 Å². The molecular formula is C8H13N3O. The largest absolute Gasteiger partial charge is 0.429 e. The fraction of sp³-hybridized carbons (Fsp3) is 0.625. The second-order valence-electron chi connectivity index (χ2n) is 3.17. The van der Waals surface area contributed by atoms with E-state index in [0.717, 1.165) is 30.7 Å². The van der Waals surface area contributed by atoms with Crippen LogP contribution in [0.1, 0.15) is 30.2 Å². The average Bonchev–Trinajstić information content (AvgIpc) is 2.52. The Morgan fingerprint density at radius 2 is 2.42 bits per heavy atom. The molecule has 0 bridgehead atoms. The number of hydrogen-bond donors (Lipinski definition) is 2. The molecule has 66 valence electrons. The lowest BCUT2D eigenvalue weighted by Gasteiger charge is -2.04. The standard InChI is InChI=1S/C8H13N3O/c9-4-3-5-1-2-6-7(5)11-8(10)12-6/h5H,1-4,9H2,(H2,10,11). The Balaban J connectivity index is 2.22. The molecule has 0 aromatic carbocycles. The smallest absolute Gasteiger partial charge is 0.292 e. The summed E-state index contributed by atoms with van der Waals surface area (Å²) >= 11 is 0. The summed E-state index contributed by atoms with van der Waals surface area (Å²) in [6.45, 7) is 0.705. The third-order valence-corrected chi connectivity index (χ3v) is 2.37.